The highest BCUT2D eigenvalue weighted by atomic mass is 79.9. The molecule has 0 bridgehead atoms. The van der Waals surface area contributed by atoms with Crippen LogP contribution in [0.25, 0.3) is 0 Å². The number of alkyl halides is 3. The highest BCUT2D eigenvalue weighted by Gasteiger charge is 2.45. The predicted octanol–water partition coefficient (Wildman–Crippen LogP) is 3.81. The molecular weight excluding hydrogens is 408 g/mol. The molecule has 1 atom stereocenters. The number of nitrogens with one attached hydrogen (secondary N) is 1. The van der Waals surface area contributed by atoms with Crippen molar-refractivity contribution < 1.29 is 17.9 Å². The van der Waals surface area contributed by atoms with Gasteiger partial charge in [-0.05, 0) is 23.8 Å². The quantitative estimate of drug-likeness (QED) is 0.796. The molecule has 1 aromatic carbocycles. The fourth-order valence-electron chi connectivity index (χ4n) is 2.38. The summed E-state index contributed by atoms with van der Waals surface area (Å²) in [6, 6.07) is 3.06. The monoisotopic (exact) mass is 424 g/mol. The van der Waals surface area contributed by atoms with Gasteiger partial charge in [-0.1, -0.05) is 15.9 Å². The lowest BCUT2D eigenvalue weighted by molar-refractivity contribution is -0.188. The lowest BCUT2D eigenvalue weighted by atomic mass is 10.0. The molecule has 1 aliphatic rings. The summed E-state index contributed by atoms with van der Waals surface area (Å²) in [5.41, 5.74) is 0.193. The Balaban J connectivity index is 0.00000220. The van der Waals surface area contributed by atoms with Crippen molar-refractivity contribution in [3.63, 3.8) is 0 Å². The molecule has 128 valence electrons. The van der Waals surface area contributed by atoms with E-state index in [1.807, 2.05) is 0 Å². The number of piperazine rings is 1. The Morgan fingerprint density at radius 1 is 1.23 bits per heavy atom. The molecule has 22 heavy (non-hydrogen) atoms. The maximum atomic E-state index is 13.5. The molecule has 1 heterocycles. The highest BCUT2D eigenvalue weighted by molar-refractivity contribution is 9.10. The Morgan fingerprint density at radius 2 is 1.82 bits per heavy atom. The first kappa shape index (κ1) is 21.8. The zero-order valence-corrected chi connectivity index (χ0v) is 15.0. The number of halogens is 6. The summed E-state index contributed by atoms with van der Waals surface area (Å²) in [5.74, 6) is 0.424. The van der Waals surface area contributed by atoms with Crippen LogP contribution in [-0.4, -0.2) is 44.4 Å². The van der Waals surface area contributed by atoms with Crippen molar-refractivity contribution >= 4 is 40.7 Å². The number of ether oxygens (including phenoxy) is 1. The van der Waals surface area contributed by atoms with Gasteiger partial charge < -0.3 is 10.1 Å². The molecular formula is C13H18BrCl2F3N2O. The summed E-state index contributed by atoms with van der Waals surface area (Å²) >= 11 is 3.22. The fraction of sp³-hybridized carbons (Fsp3) is 0.538. The number of hydrogen-bond donors (Lipinski definition) is 1. The van der Waals surface area contributed by atoms with Crippen molar-refractivity contribution in [2.75, 3.05) is 33.3 Å². The van der Waals surface area contributed by atoms with Gasteiger partial charge in [0.2, 0.25) is 0 Å². The third-order valence-electron chi connectivity index (χ3n) is 3.32. The summed E-state index contributed by atoms with van der Waals surface area (Å²) in [5, 5.41) is 3.06. The van der Waals surface area contributed by atoms with E-state index in [1.54, 1.807) is 12.1 Å². The van der Waals surface area contributed by atoms with Gasteiger partial charge in [0, 0.05) is 30.7 Å². The van der Waals surface area contributed by atoms with E-state index in [0.29, 0.717) is 36.4 Å². The van der Waals surface area contributed by atoms with E-state index in [-0.39, 0.29) is 30.4 Å². The van der Waals surface area contributed by atoms with Crippen molar-refractivity contribution in [2.45, 2.75) is 12.2 Å². The van der Waals surface area contributed by atoms with Crippen LogP contribution in [0, 0.1) is 0 Å². The first-order valence-electron chi connectivity index (χ1n) is 6.28. The van der Waals surface area contributed by atoms with Gasteiger partial charge >= 0.3 is 6.18 Å². The maximum Gasteiger partial charge on any atom is 0.408 e. The van der Waals surface area contributed by atoms with Gasteiger partial charge in [-0.25, -0.2) is 0 Å². The molecule has 0 radical (unpaired) electrons. The number of benzene rings is 1. The zero-order valence-electron chi connectivity index (χ0n) is 11.8. The van der Waals surface area contributed by atoms with Crippen LogP contribution in [0.2, 0.25) is 0 Å². The van der Waals surface area contributed by atoms with Crippen LogP contribution in [0.3, 0.4) is 0 Å². The molecule has 9 heteroatoms. The van der Waals surface area contributed by atoms with Crippen LogP contribution in [-0.2, 0) is 0 Å². The summed E-state index contributed by atoms with van der Waals surface area (Å²) in [6.45, 7) is 1.87. The minimum Gasteiger partial charge on any atom is -0.497 e. The first-order valence-corrected chi connectivity index (χ1v) is 7.07. The van der Waals surface area contributed by atoms with Crippen molar-refractivity contribution in [1.82, 2.24) is 10.2 Å². The van der Waals surface area contributed by atoms with E-state index in [2.05, 4.69) is 21.2 Å². The summed E-state index contributed by atoms with van der Waals surface area (Å²) < 4.78 is 45.9. The van der Waals surface area contributed by atoms with Crippen molar-refractivity contribution in [1.29, 1.82) is 0 Å². The second-order valence-corrected chi connectivity index (χ2v) is 5.47. The van der Waals surface area contributed by atoms with Crippen molar-refractivity contribution in [2.24, 2.45) is 0 Å². The van der Waals surface area contributed by atoms with E-state index in [9.17, 15) is 13.2 Å². The van der Waals surface area contributed by atoms with Crippen LogP contribution in [0.4, 0.5) is 13.2 Å². The lowest BCUT2D eigenvalue weighted by Gasteiger charge is -2.36. The molecule has 1 fully saturated rings. The molecule has 0 unspecified atom stereocenters. The SMILES string of the molecule is COc1ccc(Br)c([C@H](N2CCNCC2)C(F)(F)F)c1.Cl.Cl. The summed E-state index contributed by atoms with van der Waals surface area (Å²) in [7, 11) is 1.44. The van der Waals surface area contributed by atoms with Crippen LogP contribution < -0.4 is 10.1 Å². The highest BCUT2D eigenvalue weighted by Crippen LogP contribution is 2.41. The fourth-order valence-corrected chi connectivity index (χ4v) is 2.84. The van der Waals surface area contributed by atoms with Gasteiger partial charge in [0.25, 0.3) is 0 Å². The van der Waals surface area contributed by atoms with Crippen LogP contribution in [0.1, 0.15) is 11.6 Å². The number of hydrogen-bond acceptors (Lipinski definition) is 3. The standard InChI is InChI=1S/C13H16BrF3N2O.2ClH/c1-20-9-2-3-11(14)10(8-9)12(13(15,16)17)19-6-4-18-5-7-19;;/h2-3,8,12,18H,4-7H2,1H3;2*1H/t12-;;/m0../s1. The molecule has 2 rings (SSSR count). The van der Waals surface area contributed by atoms with Gasteiger partial charge in [-0.2, -0.15) is 13.2 Å². The van der Waals surface area contributed by atoms with Gasteiger partial charge in [-0.15, -0.1) is 24.8 Å². The van der Waals surface area contributed by atoms with Crippen molar-refractivity contribution in [3.05, 3.63) is 28.2 Å². The molecule has 0 aliphatic carbocycles. The summed E-state index contributed by atoms with van der Waals surface area (Å²) in [4.78, 5) is 1.45. The second-order valence-electron chi connectivity index (χ2n) is 4.62. The Labute approximate surface area is 148 Å². The maximum absolute atomic E-state index is 13.5. The average molecular weight is 426 g/mol. The molecule has 0 spiro atoms. The van der Waals surface area contributed by atoms with E-state index in [0.717, 1.165) is 0 Å². The van der Waals surface area contributed by atoms with Gasteiger partial charge in [-0.3, -0.25) is 4.90 Å². The van der Waals surface area contributed by atoms with E-state index in [4.69, 9.17) is 4.74 Å². The normalized spacial score (nSPS) is 17.1. The predicted molar refractivity (Wildman–Crippen MR) is 88.4 cm³/mol. The van der Waals surface area contributed by atoms with Crippen LogP contribution in [0.5, 0.6) is 5.75 Å². The number of nitrogens with zero attached hydrogens (tertiary/aromatic N) is 1. The Hall–Kier alpha value is -0.210. The minimum absolute atomic E-state index is 0. The first-order chi connectivity index (χ1) is 9.43. The smallest absolute Gasteiger partial charge is 0.408 e. The Kier molecular flexibility index (Phi) is 9.09. The minimum atomic E-state index is -4.33. The third kappa shape index (κ3) is 5.16. The van der Waals surface area contributed by atoms with Gasteiger partial charge in [0.05, 0.1) is 7.11 Å². The largest absolute Gasteiger partial charge is 0.497 e. The molecule has 1 N–H and O–H groups in total. The number of methoxy groups -OCH3 is 1. The molecule has 1 aliphatic heterocycles. The molecule has 1 aromatic rings. The van der Waals surface area contributed by atoms with E-state index in [1.165, 1.54) is 18.1 Å². The Morgan fingerprint density at radius 3 is 2.32 bits per heavy atom. The van der Waals surface area contributed by atoms with Gasteiger partial charge in [0.1, 0.15) is 11.8 Å². The molecule has 3 nitrogen and oxygen atoms in total. The van der Waals surface area contributed by atoms with Crippen molar-refractivity contribution in [3.8, 4) is 5.75 Å². The molecule has 0 aromatic heterocycles. The van der Waals surface area contributed by atoms with Crippen LogP contribution >= 0.6 is 40.7 Å². The second kappa shape index (κ2) is 9.17. The molecule has 0 saturated carbocycles. The zero-order chi connectivity index (χ0) is 14.8. The molecule has 1 saturated heterocycles. The van der Waals surface area contributed by atoms with E-state index < -0.39 is 12.2 Å². The summed E-state index contributed by atoms with van der Waals surface area (Å²) in [6.07, 6.45) is -4.33. The van der Waals surface area contributed by atoms with E-state index >= 15 is 0 Å². The topological polar surface area (TPSA) is 24.5 Å². The average Bonchev–Trinajstić information content (AvgIpc) is 2.41. The molecule has 0 amide bonds. The van der Waals surface area contributed by atoms with Crippen LogP contribution in [0.15, 0.2) is 22.7 Å². The van der Waals surface area contributed by atoms with Gasteiger partial charge in [0.15, 0.2) is 0 Å². The third-order valence-corrected chi connectivity index (χ3v) is 4.05. The number of rotatable bonds is 3. The lowest BCUT2D eigenvalue weighted by Crippen LogP contribution is -2.49. The Bertz CT molecular complexity index is 471.